The lowest BCUT2D eigenvalue weighted by molar-refractivity contribution is 0.141. The van der Waals surface area contributed by atoms with Gasteiger partial charge in [0.1, 0.15) is 0 Å². The van der Waals surface area contributed by atoms with Gasteiger partial charge in [0.05, 0.1) is 11.8 Å². The average molecular weight is 250 g/mol. The van der Waals surface area contributed by atoms with Gasteiger partial charge < -0.3 is 5.11 Å². The van der Waals surface area contributed by atoms with Crippen LogP contribution in [0.25, 0.3) is 0 Å². The Morgan fingerprint density at radius 2 is 2.22 bits per heavy atom. The Labute approximate surface area is 110 Å². The summed E-state index contributed by atoms with van der Waals surface area (Å²) in [7, 11) is 0. The molecule has 2 rings (SSSR count). The monoisotopic (exact) mass is 250 g/mol. The van der Waals surface area contributed by atoms with Gasteiger partial charge in [-0.15, -0.1) is 0 Å². The van der Waals surface area contributed by atoms with Gasteiger partial charge >= 0.3 is 0 Å². The maximum atomic E-state index is 9.84. The minimum absolute atomic E-state index is 0.0887. The fourth-order valence-electron chi connectivity index (χ4n) is 2.83. The van der Waals surface area contributed by atoms with Crippen LogP contribution in [0, 0.1) is 5.92 Å². The van der Waals surface area contributed by atoms with E-state index in [9.17, 15) is 5.11 Å². The molecule has 1 aliphatic carbocycles. The number of hydrogen-bond acceptors (Lipinski definition) is 2. The summed E-state index contributed by atoms with van der Waals surface area (Å²) in [5, 5.41) is 14.5. The summed E-state index contributed by atoms with van der Waals surface area (Å²) in [5.41, 5.74) is 1.19. The van der Waals surface area contributed by atoms with Crippen molar-refractivity contribution in [3.8, 4) is 0 Å². The van der Waals surface area contributed by atoms with E-state index in [0.717, 1.165) is 25.7 Å². The predicted molar refractivity (Wildman–Crippen MR) is 73.5 cm³/mol. The minimum atomic E-state index is -0.0887. The lowest BCUT2D eigenvalue weighted by atomic mass is 9.94. The summed E-state index contributed by atoms with van der Waals surface area (Å²) >= 11 is 0. The highest BCUT2D eigenvalue weighted by atomic mass is 16.3. The molecule has 1 aliphatic rings. The number of aromatic nitrogens is 2. The SMILES string of the molecule is CCC(C)n1ccc(CC2CCCCC(O)C2)n1. The Kier molecular flexibility index (Phi) is 4.81. The quantitative estimate of drug-likeness (QED) is 0.832. The van der Waals surface area contributed by atoms with Crippen molar-refractivity contribution >= 4 is 0 Å². The van der Waals surface area contributed by atoms with Crippen LogP contribution in [0.4, 0.5) is 0 Å². The summed E-state index contributed by atoms with van der Waals surface area (Å²) in [6.45, 7) is 4.39. The topological polar surface area (TPSA) is 38.0 Å². The Balaban J connectivity index is 1.93. The standard InChI is InChI=1S/C15H26N2O/c1-3-12(2)17-9-8-14(16-17)10-13-6-4-5-7-15(18)11-13/h8-9,12-13,15,18H,3-7,10-11H2,1-2H3. The molecule has 1 aromatic heterocycles. The van der Waals surface area contributed by atoms with Gasteiger partial charge in [0, 0.05) is 12.2 Å². The smallest absolute Gasteiger partial charge is 0.0627 e. The van der Waals surface area contributed by atoms with Crippen LogP contribution in [0.1, 0.15) is 64.1 Å². The normalized spacial score (nSPS) is 26.8. The van der Waals surface area contributed by atoms with Crippen molar-refractivity contribution in [2.75, 3.05) is 0 Å². The van der Waals surface area contributed by atoms with Gasteiger partial charge in [-0.2, -0.15) is 5.10 Å². The largest absolute Gasteiger partial charge is 0.393 e. The summed E-state index contributed by atoms with van der Waals surface area (Å²) in [5.74, 6) is 0.614. The molecule has 1 aromatic rings. The highest BCUT2D eigenvalue weighted by molar-refractivity contribution is 5.01. The van der Waals surface area contributed by atoms with Crippen LogP contribution in [0.15, 0.2) is 12.3 Å². The van der Waals surface area contributed by atoms with E-state index in [1.807, 2.05) is 0 Å². The highest BCUT2D eigenvalue weighted by Gasteiger charge is 2.19. The van der Waals surface area contributed by atoms with E-state index in [2.05, 4.69) is 35.9 Å². The number of nitrogens with zero attached hydrogens (tertiary/aromatic N) is 2. The first kappa shape index (κ1) is 13.6. The lowest BCUT2D eigenvalue weighted by Gasteiger charge is -2.15. The van der Waals surface area contributed by atoms with Crippen molar-refractivity contribution < 1.29 is 5.11 Å². The van der Waals surface area contributed by atoms with Crippen LogP contribution < -0.4 is 0 Å². The van der Waals surface area contributed by atoms with E-state index in [4.69, 9.17) is 0 Å². The van der Waals surface area contributed by atoms with Crippen LogP contribution in [0.3, 0.4) is 0 Å². The fraction of sp³-hybridized carbons (Fsp3) is 0.800. The summed E-state index contributed by atoms with van der Waals surface area (Å²) in [6.07, 6.45) is 9.77. The molecular formula is C15H26N2O. The molecule has 0 radical (unpaired) electrons. The Morgan fingerprint density at radius 1 is 1.44 bits per heavy atom. The zero-order valence-corrected chi connectivity index (χ0v) is 11.7. The van der Waals surface area contributed by atoms with Crippen molar-refractivity contribution in [3.05, 3.63) is 18.0 Å². The molecule has 0 amide bonds. The van der Waals surface area contributed by atoms with Crippen LogP contribution in [0.2, 0.25) is 0 Å². The highest BCUT2D eigenvalue weighted by Crippen LogP contribution is 2.26. The average Bonchev–Trinajstić information content (AvgIpc) is 2.72. The summed E-state index contributed by atoms with van der Waals surface area (Å²) < 4.78 is 2.07. The zero-order valence-electron chi connectivity index (χ0n) is 11.7. The maximum absolute atomic E-state index is 9.84. The second-order valence-corrected chi connectivity index (χ2v) is 5.79. The van der Waals surface area contributed by atoms with Gasteiger partial charge in [0.15, 0.2) is 0 Å². The van der Waals surface area contributed by atoms with E-state index >= 15 is 0 Å². The van der Waals surface area contributed by atoms with Crippen LogP contribution in [0.5, 0.6) is 0 Å². The number of aliphatic hydroxyl groups excluding tert-OH is 1. The van der Waals surface area contributed by atoms with Crippen molar-refractivity contribution in [2.24, 2.45) is 5.92 Å². The van der Waals surface area contributed by atoms with Gasteiger partial charge in [0.25, 0.3) is 0 Å². The molecule has 3 heteroatoms. The third-order valence-electron chi connectivity index (χ3n) is 4.21. The van der Waals surface area contributed by atoms with Gasteiger partial charge in [-0.05, 0) is 51.0 Å². The van der Waals surface area contributed by atoms with Crippen LogP contribution >= 0.6 is 0 Å². The molecule has 1 fully saturated rings. The maximum Gasteiger partial charge on any atom is 0.0627 e. The van der Waals surface area contributed by atoms with Crippen LogP contribution in [-0.4, -0.2) is 21.0 Å². The van der Waals surface area contributed by atoms with Gasteiger partial charge in [-0.1, -0.05) is 19.8 Å². The first-order valence-corrected chi connectivity index (χ1v) is 7.41. The first-order valence-electron chi connectivity index (χ1n) is 7.41. The first-order chi connectivity index (χ1) is 8.69. The predicted octanol–water partition coefficient (Wildman–Crippen LogP) is 3.34. The molecular weight excluding hydrogens is 224 g/mol. The molecule has 1 N–H and O–H groups in total. The van der Waals surface area contributed by atoms with Crippen molar-refractivity contribution in [1.29, 1.82) is 0 Å². The fourth-order valence-corrected chi connectivity index (χ4v) is 2.83. The molecule has 102 valence electrons. The molecule has 0 aromatic carbocycles. The van der Waals surface area contributed by atoms with Gasteiger partial charge in [-0.3, -0.25) is 4.68 Å². The number of rotatable bonds is 4. The zero-order chi connectivity index (χ0) is 13.0. The molecule has 3 atom stereocenters. The van der Waals surface area contributed by atoms with Crippen LogP contribution in [-0.2, 0) is 6.42 Å². The third-order valence-corrected chi connectivity index (χ3v) is 4.21. The molecule has 0 bridgehead atoms. The van der Waals surface area contributed by atoms with Gasteiger partial charge in [-0.25, -0.2) is 0 Å². The molecule has 3 nitrogen and oxygen atoms in total. The molecule has 18 heavy (non-hydrogen) atoms. The summed E-state index contributed by atoms with van der Waals surface area (Å²) in [6, 6.07) is 2.63. The van der Waals surface area contributed by atoms with E-state index in [0.29, 0.717) is 12.0 Å². The Hall–Kier alpha value is -0.830. The minimum Gasteiger partial charge on any atom is -0.393 e. The second-order valence-electron chi connectivity index (χ2n) is 5.79. The lowest BCUT2D eigenvalue weighted by Crippen LogP contribution is -2.13. The third kappa shape index (κ3) is 3.58. The summed E-state index contributed by atoms with van der Waals surface area (Å²) in [4.78, 5) is 0. The van der Waals surface area contributed by atoms with Gasteiger partial charge in [0.2, 0.25) is 0 Å². The Bertz CT molecular complexity index is 361. The molecule has 0 saturated heterocycles. The van der Waals surface area contributed by atoms with E-state index < -0.39 is 0 Å². The van der Waals surface area contributed by atoms with Crippen molar-refractivity contribution in [3.63, 3.8) is 0 Å². The molecule has 0 spiro atoms. The molecule has 1 saturated carbocycles. The Morgan fingerprint density at radius 3 is 3.00 bits per heavy atom. The number of aliphatic hydroxyl groups is 1. The molecule has 0 aliphatic heterocycles. The molecule has 3 unspecified atom stereocenters. The van der Waals surface area contributed by atoms with E-state index in [1.165, 1.54) is 25.0 Å². The van der Waals surface area contributed by atoms with E-state index in [-0.39, 0.29) is 6.10 Å². The van der Waals surface area contributed by atoms with Crippen molar-refractivity contribution in [1.82, 2.24) is 9.78 Å². The molecule has 1 heterocycles. The second kappa shape index (κ2) is 6.37. The van der Waals surface area contributed by atoms with E-state index in [1.54, 1.807) is 0 Å². The number of hydrogen-bond donors (Lipinski definition) is 1. The van der Waals surface area contributed by atoms with Crippen molar-refractivity contribution in [2.45, 2.75) is 70.9 Å².